The van der Waals surface area contributed by atoms with Crippen LogP contribution in [0.3, 0.4) is 0 Å². The van der Waals surface area contributed by atoms with Crippen LogP contribution in [0.4, 0.5) is 0 Å². The van der Waals surface area contributed by atoms with Crippen LogP contribution in [0.5, 0.6) is 11.5 Å². The van der Waals surface area contributed by atoms with E-state index in [-0.39, 0.29) is 29.0 Å². The number of carbonyl (C=O) groups is 1. The summed E-state index contributed by atoms with van der Waals surface area (Å²) in [6, 6.07) is 4.38. The summed E-state index contributed by atoms with van der Waals surface area (Å²) in [4.78, 5) is 14.3. The van der Waals surface area contributed by atoms with Crippen molar-refractivity contribution in [2.75, 3.05) is 19.6 Å². The minimum absolute atomic E-state index is 0.00680. The topological polar surface area (TPSA) is 72.8 Å². The van der Waals surface area contributed by atoms with Crippen LogP contribution in [-0.2, 0) is 0 Å². The zero-order chi connectivity index (χ0) is 13.8. The molecule has 0 aliphatic carbocycles. The van der Waals surface area contributed by atoms with Crippen LogP contribution in [0, 0.1) is 0 Å². The maximum atomic E-state index is 12.0. The van der Waals surface area contributed by atoms with Crippen LogP contribution >= 0.6 is 0 Å². The van der Waals surface area contributed by atoms with E-state index >= 15 is 0 Å². The second-order valence-corrected chi connectivity index (χ2v) is 5.06. The lowest BCUT2D eigenvalue weighted by molar-refractivity contribution is 0.0928. The first-order valence-corrected chi connectivity index (χ1v) is 6.62. The van der Waals surface area contributed by atoms with Crippen molar-refractivity contribution in [2.45, 2.75) is 25.8 Å². The van der Waals surface area contributed by atoms with Gasteiger partial charge in [-0.15, -0.1) is 0 Å². The molecule has 1 saturated heterocycles. The zero-order valence-corrected chi connectivity index (χ0v) is 11.1. The predicted molar refractivity (Wildman–Crippen MR) is 72.4 cm³/mol. The van der Waals surface area contributed by atoms with Crippen molar-refractivity contribution in [3.05, 3.63) is 23.8 Å². The summed E-state index contributed by atoms with van der Waals surface area (Å²) in [5, 5.41) is 21.9. The number of benzene rings is 1. The molecule has 19 heavy (non-hydrogen) atoms. The van der Waals surface area contributed by atoms with E-state index in [1.54, 1.807) is 0 Å². The Bertz CT molecular complexity index is 456. The van der Waals surface area contributed by atoms with Gasteiger partial charge in [-0.3, -0.25) is 4.79 Å². The number of rotatable bonds is 4. The van der Waals surface area contributed by atoms with Gasteiger partial charge in [0.05, 0.1) is 5.56 Å². The van der Waals surface area contributed by atoms with E-state index in [4.69, 9.17) is 0 Å². The summed E-state index contributed by atoms with van der Waals surface area (Å²) < 4.78 is 0. The molecule has 1 heterocycles. The van der Waals surface area contributed by atoms with Gasteiger partial charge in [-0.25, -0.2) is 0 Å². The lowest BCUT2D eigenvalue weighted by Gasteiger charge is -2.21. The molecule has 2 rings (SSSR count). The number of nitrogens with zero attached hydrogens (tertiary/aromatic N) is 1. The number of hydrogen-bond acceptors (Lipinski definition) is 4. The average molecular weight is 264 g/mol. The Hall–Kier alpha value is -1.75. The maximum absolute atomic E-state index is 12.0. The van der Waals surface area contributed by atoms with E-state index in [1.807, 2.05) is 6.92 Å². The van der Waals surface area contributed by atoms with Crippen LogP contribution in [0.15, 0.2) is 18.2 Å². The van der Waals surface area contributed by atoms with E-state index in [0.717, 1.165) is 19.6 Å². The van der Waals surface area contributed by atoms with Gasteiger partial charge in [0, 0.05) is 12.6 Å². The molecule has 104 valence electrons. The van der Waals surface area contributed by atoms with Crippen LogP contribution in [0.25, 0.3) is 0 Å². The van der Waals surface area contributed by atoms with Crippen molar-refractivity contribution in [3.63, 3.8) is 0 Å². The predicted octanol–water partition coefficient (Wildman–Crippen LogP) is 1.31. The molecule has 5 nitrogen and oxygen atoms in total. The van der Waals surface area contributed by atoms with E-state index in [2.05, 4.69) is 10.2 Å². The van der Waals surface area contributed by atoms with Crippen LogP contribution in [0.1, 0.15) is 30.1 Å². The zero-order valence-electron chi connectivity index (χ0n) is 11.1. The summed E-state index contributed by atoms with van der Waals surface area (Å²) in [5.74, 6) is -1.01. The van der Waals surface area contributed by atoms with Gasteiger partial charge in [0.1, 0.15) is 0 Å². The summed E-state index contributed by atoms with van der Waals surface area (Å²) in [6.45, 7) is 4.91. The first kappa shape index (κ1) is 13.7. The third kappa shape index (κ3) is 3.38. The minimum Gasteiger partial charge on any atom is -0.504 e. The Kier molecular flexibility index (Phi) is 4.27. The molecule has 1 aliphatic rings. The molecule has 1 amide bonds. The fraction of sp³-hybridized carbons (Fsp3) is 0.500. The van der Waals surface area contributed by atoms with Crippen LogP contribution in [-0.4, -0.2) is 46.7 Å². The number of nitrogens with one attached hydrogen (secondary N) is 1. The third-order valence-corrected chi connectivity index (χ3v) is 3.37. The molecule has 0 radical (unpaired) electrons. The fourth-order valence-corrected chi connectivity index (χ4v) is 2.41. The van der Waals surface area contributed by atoms with Crippen molar-refractivity contribution in [1.82, 2.24) is 10.2 Å². The second kappa shape index (κ2) is 5.93. The number of likely N-dealkylation sites (tertiary alicyclic amines) is 1. The molecule has 1 atom stereocenters. The highest BCUT2D eigenvalue weighted by atomic mass is 16.3. The van der Waals surface area contributed by atoms with Gasteiger partial charge in [-0.05, 0) is 45.0 Å². The molecule has 0 saturated carbocycles. The Morgan fingerprint density at radius 1 is 1.37 bits per heavy atom. The van der Waals surface area contributed by atoms with Gasteiger partial charge >= 0.3 is 0 Å². The van der Waals surface area contributed by atoms with Gasteiger partial charge < -0.3 is 20.4 Å². The highest BCUT2D eigenvalue weighted by Crippen LogP contribution is 2.27. The standard InChI is InChI=1S/C14H20N2O3/c1-10(9-16-7-2-3-8-16)15-14(19)11-5-4-6-12(17)13(11)18/h4-6,10,17-18H,2-3,7-9H2,1H3,(H,15,19). The molecular weight excluding hydrogens is 244 g/mol. The number of phenolic OH excluding ortho intramolecular Hbond substituents is 2. The molecule has 1 aromatic rings. The van der Waals surface area contributed by atoms with Crippen molar-refractivity contribution < 1.29 is 15.0 Å². The smallest absolute Gasteiger partial charge is 0.255 e. The first-order chi connectivity index (χ1) is 9.08. The molecule has 3 N–H and O–H groups in total. The monoisotopic (exact) mass is 264 g/mol. The molecule has 1 unspecified atom stereocenters. The molecule has 0 spiro atoms. The van der Waals surface area contributed by atoms with Crippen LogP contribution in [0.2, 0.25) is 0 Å². The van der Waals surface area contributed by atoms with Gasteiger partial charge in [0.2, 0.25) is 0 Å². The first-order valence-electron chi connectivity index (χ1n) is 6.62. The molecule has 0 aromatic heterocycles. The fourth-order valence-electron chi connectivity index (χ4n) is 2.41. The average Bonchev–Trinajstić information content (AvgIpc) is 2.85. The summed E-state index contributed by atoms with van der Waals surface area (Å²) in [6.07, 6.45) is 2.43. The number of hydrogen-bond donors (Lipinski definition) is 3. The largest absolute Gasteiger partial charge is 0.504 e. The number of phenols is 2. The van der Waals surface area contributed by atoms with E-state index in [1.165, 1.54) is 31.0 Å². The Balaban J connectivity index is 1.94. The van der Waals surface area contributed by atoms with Gasteiger partial charge in [0.15, 0.2) is 11.5 Å². The second-order valence-electron chi connectivity index (χ2n) is 5.06. The van der Waals surface area contributed by atoms with E-state index in [0.29, 0.717) is 0 Å². The van der Waals surface area contributed by atoms with Gasteiger partial charge in [-0.1, -0.05) is 6.07 Å². The summed E-state index contributed by atoms with van der Waals surface area (Å²) >= 11 is 0. The van der Waals surface area contributed by atoms with E-state index < -0.39 is 0 Å². The Morgan fingerprint density at radius 2 is 2.05 bits per heavy atom. The lowest BCUT2D eigenvalue weighted by atomic mass is 10.1. The SMILES string of the molecule is CC(CN1CCCC1)NC(=O)c1cccc(O)c1O. The van der Waals surface area contributed by atoms with Crippen molar-refractivity contribution in [3.8, 4) is 11.5 Å². The normalized spacial score (nSPS) is 17.3. The number of amides is 1. The number of para-hydroxylation sites is 1. The summed E-state index contributed by atoms with van der Waals surface area (Å²) in [7, 11) is 0. The molecule has 1 aromatic carbocycles. The lowest BCUT2D eigenvalue weighted by Crippen LogP contribution is -2.41. The Labute approximate surface area is 112 Å². The summed E-state index contributed by atoms with van der Waals surface area (Å²) in [5.41, 5.74) is 0.105. The number of aromatic hydroxyl groups is 2. The van der Waals surface area contributed by atoms with Gasteiger partial charge in [-0.2, -0.15) is 0 Å². The highest BCUT2D eigenvalue weighted by Gasteiger charge is 2.18. The molecule has 5 heteroatoms. The molecular formula is C14H20N2O3. The highest BCUT2D eigenvalue weighted by molar-refractivity contribution is 5.97. The maximum Gasteiger partial charge on any atom is 0.255 e. The van der Waals surface area contributed by atoms with Gasteiger partial charge in [0.25, 0.3) is 5.91 Å². The third-order valence-electron chi connectivity index (χ3n) is 3.37. The van der Waals surface area contributed by atoms with Crippen LogP contribution < -0.4 is 5.32 Å². The molecule has 1 aliphatic heterocycles. The molecule has 1 fully saturated rings. The Morgan fingerprint density at radius 3 is 2.74 bits per heavy atom. The minimum atomic E-state index is -0.367. The molecule has 0 bridgehead atoms. The number of carbonyl (C=O) groups excluding carboxylic acids is 1. The van der Waals surface area contributed by atoms with Crippen molar-refractivity contribution >= 4 is 5.91 Å². The quantitative estimate of drug-likeness (QED) is 0.717. The van der Waals surface area contributed by atoms with Crippen molar-refractivity contribution in [2.24, 2.45) is 0 Å². The van der Waals surface area contributed by atoms with Crippen molar-refractivity contribution in [1.29, 1.82) is 0 Å². The van der Waals surface area contributed by atoms with E-state index in [9.17, 15) is 15.0 Å².